The molecule has 0 aromatic rings. The first-order chi connectivity index (χ1) is 5.26. The van der Waals surface area contributed by atoms with E-state index in [0.717, 1.165) is 24.8 Å². The van der Waals surface area contributed by atoms with E-state index in [1.165, 1.54) is 0 Å². The summed E-state index contributed by atoms with van der Waals surface area (Å²) in [5, 5.41) is 0. The molecular formula is C8H18N2O. The van der Waals surface area contributed by atoms with Gasteiger partial charge >= 0.3 is 0 Å². The average Bonchev–Trinajstić information content (AvgIpc) is 2.03. The summed E-state index contributed by atoms with van der Waals surface area (Å²) in [7, 11) is 0. The van der Waals surface area contributed by atoms with Gasteiger partial charge < -0.3 is 5.73 Å². The first kappa shape index (κ1) is 10.6. The van der Waals surface area contributed by atoms with Gasteiger partial charge in [0.15, 0.2) is 0 Å². The van der Waals surface area contributed by atoms with Gasteiger partial charge in [-0.25, -0.2) is 5.90 Å². The molecule has 0 fully saturated rings. The summed E-state index contributed by atoms with van der Waals surface area (Å²) in [6.07, 6.45) is 2.74. The summed E-state index contributed by atoms with van der Waals surface area (Å²) in [6, 6.07) is 0. The Morgan fingerprint density at radius 1 is 1.64 bits per heavy atom. The lowest BCUT2D eigenvalue weighted by molar-refractivity contribution is 0.0738. The third-order valence-corrected chi connectivity index (χ3v) is 1.69. The second-order valence-electron chi connectivity index (χ2n) is 2.58. The highest BCUT2D eigenvalue weighted by molar-refractivity contribution is 5.01. The molecule has 0 aliphatic carbocycles. The van der Waals surface area contributed by atoms with Crippen LogP contribution in [-0.2, 0) is 4.84 Å². The number of hydrogen-bond donors (Lipinski definition) is 2. The third-order valence-electron chi connectivity index (χ3n) is 1.69. The molecule has 4 N–H and O–H groups in total. The Morgan fingerprint density at radius 2 is 2.27 bits per heavy atom. The Labute approximate surface area is 68.4 Å². The highest BCUT2D eigenvalue weighted by Gasteiger charge is 2.08. The lowest BCUT2D eigenvalue weighted by atomic mass is 10.0. The Balaban J connectivity index is 3.61. The van der Waals surface area contributed by atoms with Crippen molar-refractivity contribution >= 4 is 0 Å². The van der Waals surface area contributed by atoms with Crippen molar-refractivity contribution in [3.8, 4) is 0 Å². The standard InChI is InChI=1S/C8H18N2O/c1-3-8(11-10)7(2)5-4-6-9/h8H,2-6,9-10H2,1H3. The van der Waals surface area contributed by atoms with Gasteiger partial charge in [0.1, 0.15) is 0 Å². The maximum absolute atomic E-state index is 5.35. The largest absolute Gasteiger partial charge is 0.330 e. The summed E-state index contributed by atoms with van der Waals surface area (Å²) in [5.41, 5.74) is 6.39. The monoisotopic (exact) mass is 158 g/mol. The molecule has 1 atom stereocenters. The van der Waals surface area contributed by atoms with Crippen LogP contribution in [0.15, 0.2) is 12.2 Å². The van der Waals surface area contributed by atoms with Crippen LogP contribution in [0.25, 0.3) is 0 Å². The molecule has 0 aromatic carbocycles. The number of rotatable bonds is 6. The van der Waals surface area contributed by atoms with E-state index >= 15 is 0 Å². The summed E-state index contributed by atoms with van der Waals surface area (Å²) < 4.78 is 0. The second-order valence-corrected chi connectivity index (χ2v) is 2.58. The highest BCUT2D eigenvalue weighted by Crippen LogP contribution is 2.11. The molecule has 3 heteroatoms. The van der Waals surface area contributed by atoms with E-state index in [2.05, 4.69) is 6.58 Å². The van der Waals surface area contributed by atoms with Crippen LogP contribution < -0.4 is 11.6 Å². The molecule has 0 amide bonds. The third kappa shape index (κ3) is 4.14. The van der Waals surface area contributed by atoms with E-state index in [0.29, 0.717) is 6.54 Å². The van der Waals surface area contributed by atoms with Crippen molar-refractivity contribution in [2.45, 2.75) is 32.3 Å². The summed E-state index contributed by atoms with van der Waals surface area (Å²) in [4.78, 5) is 4.72. The molecule has 0 spiro atoms. The van der Waals surface area contributed by atoms with Gasteiger partial charge in [-0.15, -0.1) is 0 Å². The average molecular weight is 158 g/mol. The quantitative estimate of drug-likeness (QED) is 0.447. The van der Waals surface area contributed by atoms with Gasteiger partial charge in [0.25, 0.3) is 0 Å². The van der Waals surface area contributed by atoms with Gasteiger partial charge in [0.2, 0.25) is 0 Å². The van der Waals surface area contributed by atoms with E-state index < -0.39 is 0 Å². The van der Waals surface area contributed by atoms with Crippen molar-refractivity contribution in [1.82, 2.24) is 0 Å². The Hall–Kier alpha value is -0.380. The maximum Gasteiger partial charge on any atom is 0.0992 e. The van der Waals surface area contributed by atoms with Crippen LogP contribution in [-0.4, -0.2) is 12.6 Å². The van der Waals surface area contributed by atoms with E-state index in [1.54, 1.807) is 0 Å². The Kier molecular flexibility index (Phi) is 6.12. The Morgan fingerprint density at radius 3 is 2.64 bits per heavy atom. The van der Waals surface area contributed by atoms with E-state index in [-0.39, 0.29) is 6.10 Å². The summed E-state index contributed by atoms with van der Waals surface area (Å²) >= 11 is 0. The lowest BCUT2D eigenvalue weighted by Crippen LogP contribution is -2.18. The predicted molar refractivity (Wildman–Crippen MR) is 46.8 cm³/mol. The lowest BCUT2D eigenvalue weighted by Gasteiger charge is -2.14. The molecule has 3 nitrogen and oxygen atoms in total. The predicted octanol–water partition coefficient (Wildman–Crippen LogP) is 0.950. The Bertz CT molecular complexity index is 111. The van der Waals surface area contributed by atoms with E-state index in [4.69, 9.17) is 16.5 Å². The second kappa shape index (κ2) is 6.34. The van der Waals surface area contributed by atoms with Crippen molar-refractivity contribution in [3.05, 3.63) is 12.2 Å². The fraction of sp³-hybridized carbons (Fsp3) is 0.750. The highest BCUT2D eigenvalue weighted by atomic mass is 16.6. The minimum absolute atomic E-state index is 0.00144. The zero-order valence-electron chi connectivity index (χ0n) is 7.18. The van der Waals surface area contributed by atoms with Crippen LogP contribution in [0, 0.1) is 0 Å². The van der Waals surface area contributed by atoms with Gasteiger partial charge in [-0.1, -0.05) is 13.5 Å². The van der Waals surface area contributed by atoms with Crippen molar-refractivity contribution in [2.24, 2.45) is 11.6 Å². The molecule has 0 saturated heterocycles. The zero-order chi connectivity index (χ0) is 8.69. The molecule has 66 valence electrons. The van der Waals surface area contributed by atoms with Crippen LogP contribution in [0.5, 0.6) is 0 Å². The van der Waals surface area contributed by atoms with Gasteiger partial charge in [-0.3, -0.25) is 4.84 Å². The van der Waals surface area contributed by atoms with Crippen molar-refractivity contribution in [1.29, 1.82) is 0 Å². The smallest absolute Gasteiger partial charge is 0.0992 e. The molecule has 0 aliphatic heterocycles. The molecule has 0 bridgehead atoms. The molecular weight excluding hydrogens is 140 g/mol. The SMILES string of the molecule is C=C(CCCN)C(CC)ON. The van der Waals surface area contributed by atoms with Crippen LogP contribution in [0.4, 0.5) is 0 Å². The first-order valence-electron chi connectivity index (χ1n) is 3.99. The fourth-order valence-electron chi connectivity index (χ4n) is 0.971. The van der Waals surface area contributed by atoms with Gasteiger partial charge in [0, 0.05) is 0 Å². The molecule has 0 radical (unpaired) electrons. The normalized spacial score (nSPS) is 13.0. The van der Waals surface area contributed by atoms with Gasteiger partial charge in [-0.2, -0.15) is 0 Å². The zero-order valence-corrected chi connectivity index (χ0v) is 7.18. The minimum atomic E-state index is 0.00144. The van der Waals surface area contributed by atoms with Crippen molar-refractivity contribution in [2.75, 3.05) is 6.54 Å². The topological polar surface area (TPSA) is 61.3 Å². The number of nitrogens with two attached hydrogens (primary N) is 2. The molecule has 0 saturated carbocycles. The molecule has 1 unspecified atom stereocenters. The summed E-state index contributed by atoms with van der Waals surface area (Å²) in [6.45, 7) is 6.59. The summed E-state index contributed by atoms with van der Waals surface area (Å²) in [5.74, 6) is 5.06. The molecule has 0 rings (SSSR count). The first-order valence-corrected chi connectivity index (χ1v) is 3.99. The van der Waals surface area contributed by atoms with Gasteiger partial charge in [-0.05, 0) is 31.4 Å². The van der Waals surface area contributed by atoms with E-state index in [9.17, 15) is 0 Å². The molecule has 0 aromatic heterocycles. The van der Waals surface area contributed by atoms with Crippen LogP contribution in [0.2, 0.25) is 0 Å². The minimum Gasteiger partial charge on any atom is -0.330 e. The number of hydrogen-bond acceptors (Lipinski definition) is 3. The van der Waals surface area contributed by atoms with Gasteiger partial charge in [0.05, 0.1) is 6.10 Å². The van der Waals surface area contributed by atoms with Crippen LogP contribution in [0.1, 0.15) is 26.2 Å². The molecule has 0 heterocycles. The molecule has 11 heavy (non-hydrogen) atoms. The van der Waals surface area contributed by atoms with Crippen molar-refractivity contribution < 1.29 is 4.84 Å². The maximum atomic E-state index is 5.35. The van der Waals surface area contributed by atoms with Crippen molar-refractivity contribution in [3.63, 3.8) is 0 Å². The van der Waals surface area contributed by atoms with Crippen LogP contribution >= 0.6 is 0 Å². The molecule has 0 aliphatic rings. The fourth-order valence-corrected chi connectivity index (χ4v) is 0.971. The van der Waals surface area contributed by atoms with Crippen LogP contribution in [0.3, 0.4) is 0 Å². The van der Waals surface area contributed by atoms with E-state index in [1.807, 2.05) is 6.92 Å².